The Hall–Kier alpha value is -1.09. The van der Waals surface area contributed by atoms with Crippen molar-refractivity contribution in [2.45, 2.75) is 32.3 Å². The van der Waals surface area contributed by atoms with Crippen molar-refractivity contribution in [2.75, 3.05) is 7.11 Å². The Balaban J connectivity index is 2.73. The van der Waals surface area contributed by atoms with Gasteiger partial charge in [0.15, 0.2) is 0 Å². The minimum Gasteiger partial charge on any atom is -0.495 e. The van der Waals surface area contributed by atoms with Gasteiger partial charge >= 0.3 is 0 Å². The fourth-order valence-corrected chi connectivity index (χ4v) is 1.46. The molecule has 0 aliphatic rings. The normalized spacial score (nSPS) is 14.9. The number of pyridine rings is 1. The van der Waals surface area contributed by atoms with E-state index in [1.807, 2.05) is 12.3 Å². The Morgan fingerprint density at radius 1 is 1.43 bits per heavy atom. The van der Waals surface area contributed by atoms with Gasteiger partial charge in [0.25, 0.3) is 0 Å². The molecule has 0 saturated heterocycles. The predicted octanol–water partition coefficient (Wildman–Crippen LogP) is 1.96. The molecular weight excluding hydrogens is 178 g/mol. The Morgan fingerprint density at radius 3 is 2.71 bits per heavy atom. The van der Waals surface area contributed by atoms with Crippen LogP contribution in [0.3, 0.4) is 0 Å². The summed E-state index contributed by atoms with van der Waals surface area (Å²) < 4.78 is 5.08. The number of ether oxygens (including phenoxy) is 1. The van der Waals surface area contributed by atoms with Gasteiger partial charge in [0, 0.05) is 6.20 Å². The summed E-state index contributed by atoms with van der Waals surface area (Å²) in [5.74, 6) is 1.07. The smallest absolute Gasteiger partial charge is 0.137 e. The number of hydrogen-bond acceptors (Lipinski definition) is 3. The van der Waals surface area contributed by atoms with Crippen molar-refractivity contribution in [3.8, 4) is 5.75 Å². The van der Waals surface area contributed by atoms with Crippen molar-refractivity contribution in [1.29, 1.82) is 0 Å². The number of rotatable bonds is 4. The van der Waals surface area contributed by atoms with E-state index in [1.165, 1.54) is 0 Å². The van der Waals surface area contributed by atoms with Crippen LogP contribution in [0.5, 0.6) is 5.75 Å². The van der Waals surface area contributed by atoms with Crippen LogP contribution in [0.1, 0.15) is 31.7 Å². The van der Waals surface area contributed by atoms with Gasteiger partial charge in [0.2, 0.25) is 0 Å². The Bertz CT molecular complexity index is 286. The van der Waals surface area contributed by atoms with Gasteiger partial charge in [-0.15, -0.1) is 0 Å². The van der Waals surface area contributed by atoms with Crippen molar-refractivity contribution >= 4 is 0 Å². The first-order valence-electron chi connectivity index (χ1n) is 4.80. The number of aliphatic hydroxyl groups is 1. The van der Waals surface area contributed by atoms with Gasteiger partial charge in [0.1, 0.15) is 5.75 Å². The molecule has 0 aliphatic carbocycles. The molecule has 2 unspecified atom stereocenters. The van der Waals surface area contributed by atoms with Crippen LogP contribution in [0.25, 0.3) is 0 Å². The van der Waals surface area contributed by atoms with Crippen LogP contribution in [0, 0.1) is 0 Å². The molecule has 3 heteroatoms. The first-order chi connectivity index (χ1) is 6.63. The van der Waals surface area contributed by atoms with Crippen molar-refractivity contribution in [2.24, 2.45) is 0 Å². The summed E-state index contributed by atoms with van der Waals surface area (Å²) in [5.41, 5.74) is 1.10. The molecule has 1 N–H and O–H groups in total. The zero-order chi connectivity index (χ0) is 10.6. The second kappa shape index (κ2) is 4.96. The second-order valence-electron chi connectivity index (χ2n) is 3.64. The zero-order valence-corrected chi connectivity index (χ0v) is 8.90. The molecule has 2 atom stereocenters. The lowest BCUT2D eigenvalue weighted by Gasteiger charge is -2.13. The van der Waals surface area contributed by atoms with E-state index in [-0.39, 0.29) is 6.10 Å². The first-order valence-corrected chi connectivity index (χ1v) is 4.80. The number of methoxy groups -OCH3 is 1. The number of aliphatic hydroxyl groups excluding tert-OH is 1. The molecule has 0 saturated carbocycles. The average Bonchev–Trinajstić information content (AvgIpc) is 2.17. The highest BCUT2D eigenvalue weighted by molar-refractivity contribution is 5.25. The lowest BCUT2D eigenvalue weighted by atomic mass is 9.97. The third-order valence-electron chi connectivity index (χ3n) is 2.23. The Kier molecular flexibility index (Phi) is 3.89. The highest BCUT2D eigenvalue weighted by Gasteiger charge is 2.09. The monoisotopic (exact) mass is 195 g/mol. The minimum absolute atomic E-state index is 0.281. The molecule has 0 aromatic carbocycles. The van der Waals surface area contributed by atoms with E-state index in [2.05, 4.69) is 11.9 Å². The molecule has 1 aromatic rings. The van der Waals surface area contributed by atoms with Crippen molar-refractivity contribution in [1.82, 2.24) is 4.98 Å². The van der Waals surface area contributed by atoms with E-state index < -0.39 is 0 Å². The van der Waals surface area contributed by atoms with E-state index in [4.69, 9.17) is 4.74 Å². The third-order valence-corrected chi connectivity index (χ3v) is 2.23. The predicted molar refractivity (Wildman–Crippen MR) is 55.5 cm³/mol. The van der Waals surface area contributed by atoms with Crippen LogP contribution in [-0.4, -0.2) is 23.3 Å². The molecule has 14 heavy (non-hydrogen) atoms. The standard InChI is InChI=1S/C11H17NO2/c1-8(4-9(2)13)10-5-11(14-3)7-12-6-10/h5-9,13H,4H2,1-3H3. The lowest BCUT2D eigenvalue weighted by molar-refractivity contribution is 0.176. The van der Waals surface area contributed by atoms with Crippen molar-refractivity contribution in [3.05, 3.63) is 24.0 Å². The summed E-state index contributed by atoms with van der Waals surface area (Å²) in [6, 6.07) is 1.96. The van der Waals surface area contributed by atoms with Gasteiger partial charge in [-0.05, 0) is 30.9 Å². The molecule has 0 amide bonds. The molecule has 3 nitrogen and oxygen atoms in total. The molecule has 1 rings (SSSR count). The van der Waals surface area contributed by atoms with Crippen molar-refractivity contribution < 1.29 is 9.84 Å². The average molecular weight is 195 g/mol. The van der Waals surface area contributed by atoms with Gasteiger partial charge in [-0.2, -0.15) is 0 Å². The van der Waals surface area contributed by atoms with Gasteiger partial charge in [-0.3, -0.25) is 4.98 Å². The van der Waals surface area contributed by atoms with Crippen molar-refractivity contribution in [3.63, 3.8) is 0 Å². The lowest BCUT2D eigenvalue weighted by Crippen LogP contribution is -2.06. The Labute approximate surface area is 84.7 Å². The zero-order valence-electron chi connectivity index (χ0n) is 8.90. The molecule has 0 radical (unpaired) electrons. The topological polar surface area (TPSA) is 42.4 Å². The molecule has 0 aliphatic heterocycles. The molecule has 1 heterocycles. The van der Waals surface area contributed by atoms with Gasteiger partial charge < -0.3 is 9.84 Å². The van der Waals surface area contributed by atoms with Crippen LogP contribution in [0.2, 0.25) is 0 Å². The summed E-state index contributed by atoms with van der Waals surface area (Å²) in [7, 11) is 1.63. The van der Waals surface area contributed by atoms with Crippen LogP contribution in [-0.2, 0) is 0 Å². The number of aromatic nitrogens is 1. The van der Waals surface area contributed by atoms with E-state index in [0.29, 0.717) is 5.92 Å². The van der Waals surface area contributed by atoms with E-state index in [1.54, 1.807) is 20.2 Å². The first kappa shape index (κ1) is 11.0. The van der Waals surface area contributed by atoms with Crippen LogP contribution < -0.4 is 4.74 Å². The molecular formula is C11H17NO2. The SMILES string of the molecule is COc1cncc(C(C)CC(C)O)c1. The molecule has 0 bridgehead atoms. The number of nitrogens with zero attached hydrogens (tertiary/aromatic N) is 1. The van der Waals surface area contributed by atoms with Gasteiger partial charge in [0.05, 0.1) is 19.4 Å². The second-order valence-corrected chi connectivity index (χ2v) is 3.64. The molecule has 1 aromatic heterocycles. The largest absolute Gasteiger partial charge is 0.495 e. The maximum Gasteiger partial charge on any atom is 0.137 e. The Morgan fingerprint density at radius 2 is 2.14 bits per heavy atom. The quantitative estimate of drug-likeness (QED) is 0.798. The summed E-state index contributed by atoms with van der Waals surface area (Å²) in [5, 5.41) is 9.26. The van der Waals surface area contributed by atoms with Crippen LogP contribution >= 0.6 is 0 Å². The molecule has 0 spiro atoms. The fraction of sp³-hybridized carbons (Fsp3) is 0.545. The van der Waals surface area contributed by atoms with E-state index in [9.17, 15) is 5.11 Å². The summed E-state index contributed by atoms with van der Waals surface area (Å²) in [6.45, 7) is 3.87. The fourth-order valence-electron chi connectivity index (χ4n) is 1.46. The summed E-state index contributed by atoms with van der Waals surface area (Å²) >= 11 is 0. The van der Waals surface area contributed by atoms with Gasteiger partial charge in [-0.25, -0.2) is 0 Å². The summed E-state index contributed by atoms with van der Waals surface area (Å²) in [4.78, 5) is 4.08. The highest BCUT2D eigenvalue weighted by Crippen LogP contribution is 2.22. The van der Waals surface area contributed by atoms with E-state index in [0.717, 1.165) is 17.7 Å². The maximum absolute atomic E-state index is 9.26. The van der Waals surface area contributed by atoms with Gasteiger partial charge in [-0.1, -0.05) is 6.92 Å². The minimum atomic E-state index is -0.281. The molecule has 78 valence electrons. The van der Waals surface area contributed by atoms with Crippen LogP contribution in [0.4, 0.5) is 0 Å². The maximum atomic E-state index is 9.26. The van der Waals surface area contributed by atoms with E-state index >= 15 is 0 Å². The highest BCUT2D eigenvalue weighted by atomic mass is 16.5. The third kappa shape index (κ3) is 3.00. The summed E-state index contributed by atoms with van der Waals surface area (Å²) in [6.07, 6.45) is 3.96. The van der Waals surface area contributed by atoms with Crippen LogP contribution in [0.15, 0.2) is 18.5 Å². The number of hydrogen-bond donors (Lipinski definition) is 1. The molecule has 0 fully saturated rings.